The molecule has 0 fully saturated rings. The van der Waals surface area contributed by atoms with Gasteiger partial charge in [0.25, 0.3) is 5.91 Å². The normalized spacial score (nSPS) is 11.1. The monoisotopic (exact) mass is 598 g/mol. The number of nitrogens with zero attached hydrogens (tertiary/aromatic N) is 3. The zero-order chi connectivity index (χ0) is 28.1. The number of benzene rings is 4. The van der Waals surface area contributed by atoms with E-state index < -0.39 is 16.6 Å². The fraction of sp³-hybridized carbons (Fsp3) is 0.0333. The molecule has 0 atom stereocenters. The second-order valence-electron chi connectivity index (χ2n) is 8.63. The highest BCUT2D eigenvalue weighted by atomic mass is 79.9. The molecule has 40 heavy (non-hydrogen) atoms. The van der Waals surface area contributed by atoms with E-state index >= 15 is 0 Å². The Morgan fingerprint density at radius 2 is 1.75 bits per heavy atom. The van der Waals surface area contributed by atoms with Gasteiger partial charge >= 0.3 is 5.69 Å². The SMILES string of the molecule is O=C(N/N=C\c1cc(Br)c(OCc2ccccc2F)c([N+](=O)[O-])c1)c1cc(-c2ccccc2)nc2ccccc12. The summed E-state index contributed by atoms with van der Waals surface area (Å²) in [7, 11) is 0. The number of ether oxygens (including phenoxy) is 1. The van der Waals surface area contributed by atoms with Gasteiger partial charge in [-0.1, -0.05) is 66.7 Å². The van der Waals surface area contributed by atoms with E-state index in [2.05, 4.69) is 31.4 Å². The number of hydrogen-bond acceptors (Lipinski definition) is 6. The van der Waals surface area contributed by atoms with Gasteiger partial charge in [-0.3, -0.25) is 14.9 Å². The number of pyridine rings is 1. The number of carbonyl (C=O) groups is 1. The number of nitro benzene ring substituents is 1. The molecule has 4 aromatic carbocycles. The number of nitrogens with one attached hydrogen (secondary N) is 1. The summed E-state index contributed by atoms with van der Waals surface area (Å²) in [4.78, 5) is 29.0. The van der Waals surface area contributed by atoms with Gasteiger partial charge in [-0.15, -0.1) is 0 Å². The molecule has 1 N–H and O–H groups in total. The Hall–Kier alpha value is -4.96. The molecule has 1 amide bonds. The fourth-order valence-corrected chi connectivity index (χ4v) is 4.65. The van der Waals surface area contributed by atoms with Crippen LogP contribution >= 0.6 is 15.9 Å². The van der Waals surface area contributed by atoms with Gasteiger partial charge in [-0.25, -0.2) is 14.8 Å². The molecular weight excluding hydrogens is 579 g/mol. The maximum absolute atomic E-state index is 14.0. The van der Waals surface area contributed by atoms with Crippen LogP contribution in [0.2, 0.25) is 0 Å². The number of aromatic nitrogens is 1. The summed E-state index contributed by atoms with van der Waals surface area (Å²) in [5.74, 6) is -0.991. The van der Waals surface area contributed by atoms with Crippen LogP contribution in [-0.4, -0.2) is 22.0 Å². The first-order chi connectivity index (χ1) is 19.4. The maximum Gasteiger partial charge on any atom is 0.312 e. The molecule has 0 aliphatic rings. The van der Waals surface area contributed by atoms with Crippen molar-refractivity contribution in [3.8, 4) is 17.0 Å². The molecule has 0 radical (unpaired) electrons. The van der Waals surface area contributed by atoms with Gasteiger partial charge in [0, 0.05) is 28.1 Å². The average Bonchev–Trinajstić information content (AvgIpc) is 2.97. The molecule has 198 valence electrons. The van der Waals surface area contributed by atoms with Crippen molar-refractivity contribution in [3.63, 3.8) is 0 Å². The number of amides is 1. The Morgan fingerprint density at radius 1 is 1.02 bits per heavy atom. The lowest BCUT2D eigenvalue weighted by Gasteiger charge is -2.10. The summed E-state index contributed by atoms with van der Waals surface area (Å²) < 4.78 is 19.8. The van der Waals surface area contributed by atoms with Crippen LogP contribution in [0, 0.1) is 15.9 Å². The highest BCUT2D eigenvalue weighted by molar-refractivity contribution is 9.10. The van der Waals surface area contributed by atoms with Gasteiger partial charge in [0.2, 0.25) is 5.75 Å². The predicted octanol–water partition coefficient (Wildman–Crippen LogP) is 7.05. The number of carbonyl (C=O) groups excluding carboxylic acids is 1. The second-order valence-corrected chi connectivity index (χ2v) is 9.48. The van der Waals surface area contributed by atoms with Crippen molar-refractivity contribution in [1.82, 2.24) is 10.4 Å². The smallest absolute Gasteiger partial charge is 0.312 e. The number of fused-ring (bicyclic) bond motifs is 1. The third kappa shape index (κ3) is 5.87. The Kier molecular flexibility index (Phi) is 7.88. The number of rotatable bonds is 8. The first-order valence-corrected chi connectivity index (χ1v) is 12.8. The number of para-hydroxylation sites is 1. The van der Waals surface area contributed by atoms with E-state index in [9.17, 15) is 19.3 Å². The van der Waals surface area contributed by atoms with Gasteiger partial charge in [0.05, 0.1) is 32.4 Å². The molecule has 1 heterocycles. The van der Waals surface area contributed by atoms with E-state index in [0.29, 0.717) is 27.7 Å². The largest absolute Gasteiger partial charge is 0.481 e. The number of hydrogen-bond donors (Lipinski definition) is 1. The first kappa shape index (κ1) is 26.6. The van der Waals surface area contributed by atoms with E-state index in [4.69, 9.17) is 4.74 Å². The quantitative estimate of drug-likeness (QED) is 0.117. The van der Waals surface area contributed by atoms with Gasteiger partial charge in [0.1, 0.15) is 12.4 Å². The summed E-state index contributed by atoms with van der Waals surface area (Å²) in [6, 6.07) is 27.3. The Bertz CT molecular complexity index is 1760. The summed E-state index contributed by atoms with van der Waals surface area (Å²) in [5.41, 5.74) is 5.29. The zero-order valence-electron chi connectivity index (χ0n) is 20.8. The van der Waals surface area contributed by atoms with Crippen LogP contribution in [0.25, 0.3) is 22.2 Å². The lowest BCUT2D eigenvalue weighted by molar-refractivity contribution is -0.386. The van der Waals surface area contributed by atoms with Crippen molar-refractivity contribution in [2.75, 3.05) is 0 Å². The minimum atomic E-state index is -0.606. The van der Waals surface area contributed by atoms with E-state index in [0.717, 1.165) is 5.56 Å². The average molecular weight is 599 g/mol. The van der Waals surface area contributed by atoms with Crippen LogP contribution in [0.1, 0.15) is 21.5 Å². The Balaban J connectivity index is 1.38. The highest BCUT2D eigenvalue weighted by Crippen LogP contribution is 2.37. The van der Waals surface area contributed by atoms with Crippen molar-refractivity contribution in [1.29, 1.82) is 0 Å². The van der Waals surface area contributed by atoms with Crippen molar-refractivity contribution in [3.05, 3.63) is 134 Å². The van der Waals surface area contributed by atoms with Gasteiger partial charge in [0.15, 0.2) is 0 Å². The van der Waals surface area contributed by atoms with Crippen molar-refractivity contribution < 1.29 is 18.8 Å². The number of nitro groups is 1. The minimum absolute atomic E-state index is 0.0499. The van der Waals surface area contributed by atoms with Crippen LogP contribution < -0.4 is 10.2 Å². The second kappa shape index (κ2) is 11.8. The molecule has 0 saturated heterocycles. The lowest BCUT2D eigenvalue weighted by Crippen LogP contribution is -2.18. The molecule has 5 rings (SSSR count). The Labute approximate surface area is 236 Å². The molecule has 0 aliphatic carbocycles. The van der Waals surface area contributed by atoms with Crippen LogP contribution in [0.15, 0.2) is 107 Å². The van der Waals surface area contributed by atoms with Gasteiger partial charge in [-0.05, 0) is 40.2 Å². The van der Waals surface area contributed by atoms with Crippen LogP contribution in [0.5, 0.6) is 5.75 Å². The number of halogens is 2. The lowest BCUT2D eigenvalue weighted by atomic mass is 10.0. The standard InChI is InChI=1S/C30H20BrFN4O4/c31-24-14-19(15-28(36(38)39)29(24)40-18-21-10-4-6-12-25(21)32)17-33-35-30(37)23-16-27(20-8-2-1-3-9-20)34-26-13-7-5-11-22(23)26/h1-17H,18H2,(H,35,37)/b33-17-. The predicted molar refractivity (Wildman–Crippen MR) is 154 cm³/mol. The topological polar surface area (TPSA) is 107 Å². The molecule has 8 nitrogen and oxygen atoms in total. The first-order valence-electron chi connectivity index (χ1n) is 12.0. The Morgan fingerprint density at radius 3 is 2.52 bits per heavy atom. The molecule has 0 unspecified atom stereocenters. The molecule has 5 aromatic rings. The van der Waals surface area contributed by atoms with Crippen LogP contribution in [-0.2, 0) is 6.61 Å². The molecule has 1 aromatic heterocycles. The third-order valence-corrected chi connectivity index (χ3v) is 6.57. The van der Waals surface area contributed by atoms with Crippen molar-refractivity contribution in [2.24, 2.45) is 5.10 Å². The molecule has 0 aliphatic heterocycles. The van der Waals surface area contributed by atoms with E-state index in [1.165, 1.54) is 24.4 Å². The molecular formula is C30H20BrFN4O4. The van der Waals surface area contributed by atoms with Crippen LogP contribution in [0.4, 0.5) is 10.1 Å². The van der Waals surface area contributed by atoms with E-state index in [-0.39, 0.29) is 28.1 Å². The van der Waals surface area contributed by atoms with E-state index in [1.807, 2.05) is 48.5 Å². The zero-order valence-corrected chi connectivity index (χ0v) is 22.3. The summed E-state index contributed by atoms with van der Waals surface area (Å²) in [6.07, 6.45) is 1.29. The van der Waals surface area contributed by atoms with Gasteiger partial charge in [-0.2, -0.15) is 5.10 Å². The highest BCUT2D eigenvalue weighted by Gasteiger charge is 2.21. The number of hydrazone groups is 1. The summed E-state index contributed by atoms with van der Waals surface area (Å²) >= 11 is 3.29. The van der Waals surface area contributed by atoms with Crippen molar-refractivity contribution in [2.45, 2.75) is 6.61 Å². The summed E-state index contributed by atoms with van der Waals surface area (Å²) in [6.45, 7) is -0.194. The molecule has 10 heteroatoms. The minimum Gasteiger partial charge on any atom is -0.481 e. The fourth-order valence-electron chi connectivity index (χ4n) is 4.06. The van der Waals surface area contributed by atoms with Crippen LogP contribution in [0.3, 0.4) is 0 Å². The molecule has 0 bridgehead atoms. The van der Waals surface area contributed by atoms with Crippen molar-refractivity contribution >= 4 is 44.6 Å². The maximum atomic E-state index is 14.0. The third-order valence-electron chi connectivity index (χ3n) is 5.98. The van der Waals surface area contributed by atoms with Gasteiger partial charge < -0.3 is 4.74 Å². The van der Waals surface area contributed by atoms with E-state index in [1.54, 1.807) is 30.3 Å². The molecule has 0 spiro atoms. The molecule has 0 saturated carbocycles. The summed E-state index contributed by atoms with van der Waals surface area (Å²) in [5, 5.41) is 16.4.